The predicted octanol–water partition coefficient (Wildman–Crippen LogP) is 4.43. The van der Waals surface area contributed by atoms with Crippen LogP contribution in [0, 0.1) is 5.41 Å². The summed E-state index contributed by atoms with van der Waals surface area (Å²) in [5.74, 6) is 0. The summed E-state index contributed by atoms with van der Waals surface area (Å²) in [6, 6.07) is 6.16. The number of hydrogen-bond donors (Lipinski definition) is 2. The van der Waals surface area contributed by atoms with Gasteiger partial charge in [0.25, 0.3) is 6.01 Å². The van der Waals surface area contributed by atoms with Crippen molar-refractivity contribution in [3.63, 3.8) is 0 Å². The molecule has 2 rings (SSSR count). The van der Waals surface area contributed by atoms with Gasteiger partial charge in [0.15, 0.2) is 5.58 Å². The Morgan fingerprint density at radius 1 is 1.30 bits per heavy atom. The van der Waals surface area contributed by atoms with Crippen molar-refractivity contribution >= 4 is 22.8 Å². The predicted molar refractivity (Wildman–Crippen MR) is 84.8 cm³/mol. The van der Waals surface area contributed by atoms with E-state index in [0.717, 1.165) is 17.6 Å². The van der Waals surface area contributed by atoms with Gasteiger partial charge >= 0.3 is 0 Å². The van der Waals surface area contributed by atoms with E-state index in [1.54, 1.807) is 0 Å². The van der Waals surface area contributed by atoms with E-state index in [-0.39, 0.29) is 5.41 Å². The Morgan fingerprint density at radius 3 is 2.80 bits per heavy atom. The van der Waals surface area contributed by atoms with Crippen molar-refractivity contribution in [2.45, 2.75) is 46.5 Å². The summed E-state index contributed by atoms with van der Waals surface area (Å²) >= 11 is 0. The van der Waals surface area contributed by atoms with Gasteiger partial charge in [0, 0.05) is 6.54 Å². The first-order valence-electron chi connectivity index (χ1n) is 7.41. The number of fused-ring (bicyclic) bond motifs is 1. The molecular formula is C16H25N3O. The Kier molecular flexibility index (Phi) is 4.53. The molecule has 0 aliphatic carbocycles. The Bertz CT molecular complexity index is 560. The molecule has 4 nitrogen and oxygen atoms in total. The minimum Gasteiger partial charge on any atom is -0.423 e. The maximum atomic E-state index is 5.88. The molecule has 1 aromatic heterocycles. The van der Waals surface area contributed by atoms with Crippen LogP contribution < -0.4 is 11.1 Å². The molecule has 0 aliphatic heterocycles. The third kappa shape index (κ3) is 3.65. The Balaban J connectivity index is 1.96. The number of nitrogens with zero attached hydrogens (tertiary/aromatic N) is 1. The first-order chi connectivity index (χ1) is 9.52. The van der Waals surface area contributed by atoms with Crippen LogP contribution in [0.5, 0.6) is 0 Å². The van der Waals surface area contributed by atoms with Crippen LogP contribution in [0.2, 0.25) is 0 Å². The monoisotopic (exact) mass is 275 g/mol. The molecule has 4 heteroatoms. The number of para-hydroxylation sites is 1. The standard InChI is InChI=1S/C16H25N3O/c1-4-5-6-10-16(2,3)11-18-15-19-14-12(17)8-7-9-13(14)20-15/h7-9H,4-6,10-11,17H2,1-3H3,(H,18,19). The zero-order valence-corrected chi connectivity index (χ0v) is 12.7. The van der Waals surface area contributed by atoms with Crippen molar-refractivity contribution in [2.24, 2.45) is 5.41 Å². The van der Waals surface area contributed by atoms with Gasteiger partial charge in [0.1, 0.15) is 5.52 Å². The second-order valence-corrected chi connectivity index (χ2v) is 6.19. The topological polar surface area (TPSA) is 64.1 Å². The van der Waals surface area contributed by atoms with Crippen LogP contribution >= 0.6 is 0 Å². The Hall–Kier alpha value is -1.71. The van der Waals surface area contributed by atoms with Gasteiger partial charge in [0.05, 0.1) is 5.69 Å². The fourth-order valence-corrected chi connectivity index (χ4v) is 2.30. The van der Waals surface area contributed by atoms with Crippen LogP contribution in [0.25, 0.3) is 11.1 Å². The summed E-state index contributed by atoms with van der Waals surface area (Å²) in [5, 5.41) is 3.30. The Labute approximate surface area is 120 Å². The lowest BCUT2D eigenvalue weighted by atomic mass is 9.87. The lowest BCUT2D eigenvalue weighted by Gasteiger charge is -2.24. The van der Waals surface area contributed by atoms with Gasteiger partial charge in [-0.05, 0) is 24.0 Å². The Morgan fingerprint density at radius 2 is 2.10 bits per heavy atom. The van der Waals surface area contributed by atoms with Gasteiger partial charge in [-0.15, -0.1) is 0 Å². The first-order valence-corrected chi connectivity index (χ1v) is 7.41. The largest absolute Gasteiger partial charge is 0.423 e. The number of unbranched alkanes of at least 4 members (excludes halogenated alkanes) is 2. The summed E-state index contributed by atoms with van der Waals surface area (Å²) in [6.07, 6.45) is 5.03. The van der Waals surface area contributed by atoms with E-state index in [1.807, 2.05) is 18.2 Å². The van der Waals surface area contributed by atoms with Gasteiger partial charge in [-0.1, -0.05) is 46.1 Å². The van der Waals surface area contributed by atoms with E-state index >= 15 is 0 Å². The van der Waals surface area contributed by atoms with E-state index < -0.39 is 0 Å². The highest BCUT2D eigenvalue weighted by molar-refractivity contribution is 5.86. The zero-order chi connectivity index (χ0) is 14.6. The summed E-state index contributed by atoms with van der Waals surface area (Å²) < 4.78 is 5.67. The lowest BCUT2D eigenvalue weighted by Crippen LogP contribution is -2.23. The highest BCUT2D eigenvalue weighted by Crippen LogP contribution is 2.27. The number of benzene rings is 1. The average Bonchev–Trinajstić information content (AvgIpc) is 2.81. The molecule has 3 N–H and O–H groups in total. The van der Waals surface area contributed by atoms with Crippen molar-refractivity contribution < 1.29 is 4.42 Å². The highest BCUT2D eigenvalue weighted by atomic mass is 16.4. The fourth-order valence-electron chi connectivity index (χ4n) is 2.30. The van der Waals surface area contributed by atoms with Gasteiger partial charge < -0.3 is 15.5 Å². The minimum atomic E-state index is 0.237. The number of nitrogens with one attached hydrogen (secondary N) is 1. The van der Waals surface area contributed by atoms with E-state index in [1.165, 1.54) is 25.7 Å². The third-order valence-corrected chi connectivity index (χ3v) is 3.63. The summed E-state index contributed by atoms with van der Waals surface area (Å²) in [6.45, 7) is 7.62. The minimum absolute atomic E-state index is 0.237. The SMILES string of the molecule is CCCCCC(C)(C)CNc1nc2c(N)cccc2o1. The normalized spacial score (nSPS) is 11.9. The fraction of sp³-hybridized carbons (Fsp3) is 0.562. The molecule has 1 aromatic carbocycles. The van der Waals surface area contributed by atoms with E-state index in [2.05, 4.69) is 31.1 Å². The number of rotatable bonds is 7. The van der Waals surface area contributed by atoms with Crippen molar-refractivity contribution in [2.75, 3.05) is 17.6 Å². The molecule has 1 heterocycles. The zero-order valence-electron chi connectivity index (χ0n) is 12.7. The number of anilines is 2. The van der Waals surface area contributed by atoms with Crippen LogP contribution in [0.15, 0.2) is 22.6 Å². The molecule has 110 valence electrons. The smallest absolute Gasteiger partial charge is 0.295 e. The van der Waals surface area contributed by atoms with Crippen LogP contribution in [-0.4, -0.2) is 11.5 Å². The summed E-state index contributed by atoms with van der Waals surface area (Å²) in [5.41, 5.74) is 8.24. The van der Waals surface area contributed by atoms with Crippen molar-refractivity contribution in [3.05, 3.63) is 18.2 Å². The second-order valence-electron chi connectivity index (χ2n) is 6.19. The van der Waals surface area contributed by atoms with E-state index in [0.29, 0.717) is 11.7 Å². The van der Waals surface area contributed by atoms with Gasteiger partial charge in [-0.2, -0.15) is 4.98 Å². The molecule has 20 heavy (non-hydrogen) atoms. The third-order valence-electron chi connectivity index (χ3n) is 3.63. The molecule has 0 amide bonds. The molecule has 0 bridgehead atoms. The highest BCUT2D eigenvalue weighted by Gasteiger charge is 2.18. The van der Waals surface area contributed by atoms with Gasteiger partial charge in [0.2, 0.25) is 0 Å². The molecule has 0 saturated heterocycles. The van der Waals surface area contributed by atoms with Crippen molar-refractivity contribution in [1.82, 2.24) is 4.98 Å². The first kappa shape index (κ1) is 14.7. The lowest BCUT2D eigenvalue weighted by molar-refractivity contribution is 0.339. The average molecular weight is 275 g/mol. The van der Waals surface area contributed by atoms with Crippen molar-refractivity contribution in [3.8, 4) is 0 Å². The van der Waals surface area contributed by atoms with E-state index in [9.17, 15) is 0 Å². The number of nitrogens with two attached hydrogens (primary N) is 1. The molecule has 0 unspecified atom stereocenters. The van der Waals surface area contributed by atoms with Crippen molar-refractivity contribution in [1.29, 1.82) is 0 Å². The molecule has 0 saturated carbocycles. The molecule has 0 radical (unpaired) electrons. The van der Waals surface area contributed by atoms with Crippen LogP contribution in [0.3, 0.4) is 0 Å². The molecule has 0 spiro atoms. The number of hydrogen-bond acceptors (Lipinski definition) is 4. The quantitative estimate of drug-likeness (QED) is 0.579. The van der Waals surface area contributed by atoms with Gasteiger partial charge in [-0.3, -0.25) is 0 Å². The number of aromatic nitrogens is 1. The van der Waals surface area contributed by atoms with Crippen LogP contribution in [-0.2, 0) is 0 Å². The number of nitrogen functional groups attached to an aromatic ring is 1. The number of oxazole rings is 1. The molecule has 0 atom stereocenters. The van der Waals surface area contributed by atoms with Crippen LogP contribution in [0.4, 0.5) is 11.7 Å². The summed E-state index contributed by atoms with van der Waals surface area (Å²) in [7, 11) is 0. The van der Waals surface area contributed by atoms with Gasteiger partial charge in [-0.25, -0.2) is 0 Å². The molecular weight excluding hydrogens is 250 g/mol. The molecule has 0 fully saturated rings. The maximum absolute atomic E-state index is 5.88. The maximum Gasteiger partial charge on any atom is 0.295 e. The van der Waals surface area contributed by atoms with Crippen LogP contribution in [0.1, 0.15) is 46.5 Å². The van der Waals surface area contributed by atoms with E-state index in [4.69, 9.17) is 10.2 Å². The summed E-state index contributed by atoms with van der Waals surface area (Å²) in [4.78, 5) is 4.41. The second kappa shape index (κ2) is 6.16. The molecule has 0 aliphatic rings. The molecule has 2 aromatic rings.